The molecule has 0 saturated heterocycles. The zero-order chi connectivity index (χ0) is 15.8. The second kappa shape index (κ2) is 8.53. The van der Waals surface area contributed by atoms with Crippen LogP contribution in [0.1, 0.15) is 31.9 Å². The summed E-state index contributed by atoms with van der Waals surface area (Å²) in [4.78, 5) is 0. The number of phenols is 1. The van der Waals surface area contributed by atoms with Crippen molar-refractivity contribution >= 4 is 11.6 Å². The van der Waals surface area contributed by atoms with Gasteiger partial charge in [-0.3, -0.25) is 0 Å². The average molecular weight is 311 g/mol. The summed E-state index contributed by atoms with van der Waals surface area (Å²) in [5.41, 5.74) is 1.29. The molecule has 0 fully saturated rings. The Morgan fingerprint density at radius 3 is 2.48 bits per heavy atom. The first-order valence-corrected chi connectivity index (χ1v) is 7.37. The maximum Gasteiger partial charge on any atom is 0.161 e. The summed E-state index contributed by atoms with van der Waals surface area (Å²) < 4.78 is 19.0. The smallest absolute Gasteiger partial charge is 0.161 e. The maximum absolute atomic E-state index is 13.5. The van der Waals surface area contributed by atoms with Crippen molar-refractivity contribution in [2.24, 2.45) is 0 Å². The Balaban J connectivity index is 0.00000106. The van der Waals surface area contributed by atoms with Gasteiger partial charge in [0.1, 0.15) is 12.4 Å². The Bertz CT molecular complexity index is 565. The van der Waals surface area contributed by atoms with Crippen molar-refractivity contribution in [1.82, 2.24) is 0 Å². The Morgan fingerprint density at radius 2 is 1.90 bits per heavy atom. The van der Waals surface area contributed by atoms with Gasteiger partial charge in [0.2, 0.25) is 0 Å². The Morgan fingerprint density at radius 1 is 1.19 bits per heavy atom. The first kappa shape index (κ1) is 17.3. The fraction of sp³-hybridized carbons (Fsp3) is 0.294. The number of ether oxygens (including phenoxy) is 1. The van der Waals surface area contributed by atoms with E-state index in [2.05, 4.69) is 0 Å². The average Bonchev–Trinajstić information content (AvgIpc) is 2.50. The Kier molecular flexibility index (Phi) is 7.03. The van der Waals surface area contributed by atoms with Gasteiger partial charge in [-0.15, -0.1) is 0 Å². The first-order valence-electron chi connectivity index (χ1n) is 6.99. The molecule has 0 radical (unpaired) electrons. The molecule has 0 atom stereocenters. The second-order valence-electron chi connectivity index (χ2n) is 4.14. The molecule has 0 aliphatic carbocycles. The fourth-order valence-corrected chi connectivity index (χ4v) is 1.94. The topological polar surface area (TPSA) is 29.5 Å². The molecular formula is C17H20ClFO2. The number of aryl methyl sites for hydroxylation is 1. The number of hydrogen-bond acceptors (Lipinski definition) is 2. The van der Waals surface area contributed by atoms with Crippen LogP contribution < -0.4 is 4.74 Å². The minimum absolute atomic E-state index is 0.0233. The third-order valence-electron chi connectivity index (χ3n) is 2.87. The van der Waals surface area contributed by atoms with Gasteiger partial charge in [0.15, 0.2) is 11.5 Å². The molecule has 0 bridgehead atoms. The molecule has 0 amide bonds. The summed E-state index contributed by atoms with van der Waals surface area (Å²) in [7, 11) is 0. The lowest BCUT2D eigenvalue weighted by Gasteiger charge is -2.10. The van der Waals surface area contributed by atoms with Crippen molar-refractivity contribution in [2.75, 3.05) is 0 Å². The normalized spacial score (nSPS) is 9.76. The zero-order valence-electron chi connectivity index (χ0n) is 12.5. The van der Waals surface area contributed by atoms with Crippen LogP contribution in [0, 0.1) is 5.82 Å². The predicted octanol–water partition coefficient (Wildman–Crippen LogP) is 5.35. The number of phenolic OH excluding ortho intramolecular Hbond substituents is 1. The Hall–Kier alpha value is -1.74. The second-order valence-corrected chi connectivity index (χ2v) is 4.55. The van der Waals surface area contributed by atoms with Gasteiger partial charge in [-0.1, -0.05) is 44.5 Å². The van der Waals surface area contributed by atoms with E-state index in [-0.39, 0.29) is 17.9 Å². The molecule has 2 aromatic rings. The molecule has 2 aromatic carbocycles. The molecule has 0 spiro atoms. The van der Waals surface area contributed by atoms with Gasteiger partial charge in [0.05, 0.1) is 5.02 Å². The van der Waals surface area contributed by atoms with Crippen LogP contribution in [0.3, 0.4) is 0 Å². The van der Waals surface area contributed by atoms with Crippen LogP contribution in [0.25, 0.3) is 0 Å². The third-order valence-corrected chi connectivity index (χ3v) is 3.22. The minimum atomic E-state index is -0.419. The number of rotatable bonds is 4. The molecule has 0 heterocycles. The highest BCUT2D eigenvalue weighted by molar-refractivity contribution is 6.31. The van der Waals surface area contributed by atoms with E-state index < -0.39 is 5.82 Å². The van der Waals surface area contributed by atoms with E-state index >= 15 is 0 Å². The summed E-state index contributed by atoms with van der Waals surface area (Å²) in [6, 6.07) is 9.63. The summed E-state index contributed by atoms with van der Waals surface area (Å²) in [5.74, 6) is -0.0551. The van der Waals surface area contributed by atoms with Crippen LogP contribution in [0.4, 0.5) is 4.39 Å². The van der Waals surface area contributed by atoms with Crippen molar-refractivity contribution in [3.05, 3.63) is 58.4 Å². The molecule has 0 aliphatic rings. The lowest BCUT2D eigenvalue weighted by atomic mass is 10.1. The maximum atomic E-state index is 13.5. The molecule has 4 heteroatoms. The number of hydrogen-bond donors (Lipinski definition) is 1. The quantitative estimate of drug-likeness (QED) is 0.824. The van der Waals surface area contributed by atoms with Crippen LogP contribution in [0.2, 0.25) is 5.02 Å². The largest absolute Gasteiger partial charge is 0.504 e. The minimum Gasteiger partial charge on any atom is -0.504 e. The highest BCUT2D eigenvalue weighted by Gasteiger charge is 2.09. The van der Waals surface area contributed by atoms with Gasteiger partial charge < -0.3 is 9.84 Å². The standard InChI is InChI=1S/C15H14ClFO2.C2H6/c1-2-10-6-7-15(14(18)8-10)19-9-11-12(16)4-3-5-13(11)17;1-2/h3-8,18H,2,9H2,1H3;1-2H3. The monoisotopic (exact) mass is 310 g/mol. The van der Waals surface area contributed by atoms with Gasteiger partial charge in [-0.2, -0.15) is 0 Å². The van der Waals surface area contributed by atoms with E-state index in [4.69, 9.17) is 16.3 Å². The van der Waals surface area contributed by atoms with Crippen LogP contribution in [0.15, 0.2) is 36.4 Å². The molecule has 2 nitrogen and oxygen atoms in total. The summed E-state index contributed by atoms with van der Waals surface area (Å²) in [6.45, 7) is 5.97. The molecule has 0 aromatic heterocycles. The molecule has 1 N–H and O–H groups in total. The van der Waals surface area contributed by atoms with Crippen LogP contribution in [-0.4, -0.2) is 5.11 Å². The zero-order valence-corrected chi connectivity index (χ0v) is 13.2. The van der Waals surface area contributed by atoms with Crippen molar-refractivity contribution < 1.29 is 14.2 Å². The lowest BCUT2D eigenvalue weighted by molar-refractivity contribution is 0.283. The molecular weight excluding hydrogens is 291 g/mol. The van der Waals surface area contributed by atoms with E-state index in [0.29, 0.717) is 10.8 Å². The molecule has 0 aliphatic heterocycles. The molecule has 21 heavy (non-hydrogen) atoms. The molecule has 2 rings (SSSR count). The van der Waals surface area contributed by atoms with E-state index in [0.717, 1.165) is 12.0 Å². The fourth-order valence-electron chi connectivity index (χ4n) is 1.73. The third kappa shape index (κ3) is 4.64. The van der Waals surface area contributed by atoms with Crippen molar-refractivity contribution in [2.45, 2.75) is 33.8 Å². The SMILES string of the molecule is CC.CCc1ccc(OCc2c(F)cccc2Cl)c(O)c1. The van der Waals surface area contributed by atoms with E-state index in [1.54, 1.807) is 18.2 Å². The van der Waals surface area contributed by atoms with E-state index in [1.165, 1.54) is 12.1 Å². The molecule has 0 saturated carbocycles. The number of aromatic hydroxyl groups is 1. The highest BCUT2D eigenvalue weighted by Crippen LogP contribution is 2.29. The summed E-state index contributed by atoms with van der Waals surface area (Å²) in [6.07, 6.45) is 0.826. The van der Waals surface area contributed by atoms with Gasteiger partial charge in [-0.25, -0.2) is 4.39 Å². The summed E-state index contributed by atoms with van der Waals surface area (Å²) >= 11 is 5.90. The number of benzene rings is 2. The van der Waals surface area contributed by atoms with E-state index in [9.17, 15) is 9.50 Å². The van der Waals surface area contributed by atoms with Gasteiger partial charge in [-0.05, 0) is 36.2 Å². The highest BCUT2D eigenvalue weighted by atomic mass is 35.5. The van der Waals surface area contributed by atoms with Crippen molar-refractivity contribution in [3.8, 4) is 11.5 Å². The molecule has 114 valence electrons. The molecule has 0 unspecified atom stereocenters. The van der Waals surface area contributed by atoms with Crippen LogP contribution in [-0.2, 0) is 13.0 Å². The van der Waals surface area contributed by atoms with Crippen molar-refractivity contribution in [3.63, 3.8) is 0 Å². The summed E-state index contributed by atoms with van der Waals surface area (Å²) in [5, 5.41) is 10.1. The van der Waals surface area contributed by atoms with E-state index in [1.807, 2.05) is 26.8 Å². The number of halogens is 2. The van der Waals surface area contributed by atoms with Gasteiger partial charge in [0, 0.05) is 5.56 Å². The lowest BCUT2D eigenvalue weighted by Crippen LogP contribution is -2.00. The Labute approximate surface area is 130 Å². The first-order chi connectivity index (χ1) is 10.1. The van der Waals surface area contributed by atoms with Crippen LogP contribution >= 0.6 is 11.6 Å². The predicted molar refractivity (Wildman–Crippen MR) is 84.6 cm³/mol. The van der Waals surface area contributed by atoms with Gasteiger partial charge in [0.25, 0.3) is 0 Å². The van der Waals surface area contributed by atoms with Crippen LogP contribution in [0.5, 0.6) is 11.5 Å². The van der Waals surface area contributed by atoms with Crippen molar-refractivity contribution in [1.29, 1.82) is 0 Å². The van der Waals surface area contributed by atoms with Gasteiger partial charge >= 0.3 is 0 Å².